The summed E-state index contributed by atoms with van der Waals surface area (Å²) in [4.78, 5) is 36.9. The van der Waals surface area contributed by atoms with Gasteiger partial charge >= 0.3 is 24.1 Å². The van der Waals surface area contributed by atoms with Gasteiger partial charge in [-0.15, -0.1) is 0 Å². The van der Waals surface area contributed by atoms with Crippen molar-refractivity contribution < 1.29 is 46.9 Å². The molecule has 39 heavy (non-hydrogen) atoms. The minimum absolute atomic E-state index is 0.00671. The molecule has 0 fully saturated rings. The molecule has 7 nitrogen and oxygen atoms in total. The second-order valence-corrected chi connectivity index (χ2v) is 8.66. The van der Waals surface area contributed by atoms with E-state index in [0.29, 0.717) is 12.8 Å². The van der Waals surface area contributed by atoms with E-state index in [9.17, 15) is 32.7 Å². The zero-order valence-electron chi connectivity index (χ0n) is 21.1. The molecule has 0 aliphatic carbocycles. The third-order valence-electron chi connectivity index (χ3n) is 5.64. The fourth-order valence-electron chi connectivity index (χ4n) is 3.49. The Labute approximate surface area is 223 Å². The number of alkyl halides is 3. The van der Waals surface area contributed by atoms with Crippen LogP contribution >= 0.6 is 0 Å². The number of ether oxygens (including phenoxy) is 3. The number of carbonyl (C=O) groups excluding carboxylic acids is 3. The number of hydrogen-bond acceptors (Lipinski definition) is 7. The first kappa shape index (κ1) is 29.2. The van der Waals surface area contributed by atoms with E-state index in [4.69, 9.17) is 14.2 Å². The van der Waals surface area contributed by atoms with Crippen molar-refractivity contribution in [3.8, 4) is 17.2 Å². The van der Waals surface area contributed by atoms with Gasteiger partial charge in [0.15, 0.2) is 6.10 Å². The van der Waals surface area contributed by atoms with Crippen LogP contribution in [0.15, 0.2) is 72.8 Å². The van der Waals surface area contributed by atoms with Crippen LogP contribution in [0.5, 0.6) is 17.2 Å². The molecule has 0 saturated heterocycles. The quantitative estimate of drug-likeness (QED) is 0.159. The average molecular weight is 545 g/mol. The lowest BCUT2D eigenvalue weighted by molar-refractivity contribution is -0.206. The van der Waals surface area contributed by atoms with Crippen molar-refractivity contribution in [2.75, 3.05) is 0 Å². The van der Waals surface area contributed by atoms with Crippen LogP contribution in [0.4, 0.5) is 13.2 Å². The van der Waals surface area contributed by atoms with Crippen LogP contribution in [0.2, 0.25) is 0 Å². The van der Waals surface area contributed by atoms with Crippen LogP contribution in [0.3, 0.4) is 0 Å². The van der Waals surface area contributed by atoms with Crippen molar-refractivity contribution in [2.45, 2.75) is 51.3 Å². The smallest absolute Gasteiger partial charge is 0.425 e. The highest BCUT2D eigenvalue weighted by atomic mass is 19.4. The lowest BCUT2D eigenvalue weighted by Gasteiger charge is -2.20. The SMILES string of the molecule is CCCCCC[C@H](OC(=O)c1ccc(OC(=O)c2ccc(OC(=O)c3ccc(O)cc3)cc2)cc1)C(F)(F)F. The standard InChI is InChI=1S/C29H27F3O7/c1-2-3-4-5-6-25(29(30,31)32)39-28(36)21-11-17-24(18-12-21)38-27(35)20-9-15-23(16-10-20)37-26(34)19-7-13-22(33)14-8-19/h7-18,25,33H,2-6H2,1H3/t25-/m0/s1. The van der Waals surface area contributed by atoms with Gasteiger partial charge in [-0.1, -0.05) is 26.2 Å². The average Bonchev–Trinajstić information content (AvgIpc) is 2.91. The van der Waals surface area contributed by atoms with Crippen molar-refractivity contribution in [1.29, 1.82) is 0 Å². The van der Waals surface area contributed by atoms with Gasteiger partial charge in [0.25, 0.3) is 0 Å². The number of benzene rings is 3. The Balaban J connectivity index is 1.55. The number of carbonyl (C=O) groups is 3. The van der Waals surface area contributed by atoms with E-state index in [1.807, 2.05) is 6.92 Å². The first-order valence-corrected chi connectivity index (χ1v) is 12.3. The Morgan fingerprint density at radius 3 is 1.56 bits per heavy atom. The molecule has 3 rings (SSSR count). The number of esters is 3. The van der Waals surface area contributed by atoms with Crippen molar-refractivity contribution >= 4 is 17.9 Å². The van der Waals surface area contributed by atoms with Gasteiger partial charge in [0.05, 0.1) is 16.7 Å². The summed E-state index contributed by atoms with van der Waals surface area (Å²) in [5, 5.41) is 9.30. The highest BCUT2D eigenvalue weighted by Gasteiger charge is 2.42. The van der Waals surface area contributed by atoms with Crippen molar-refractivity contribution in [1.82, 2.24) is 0 Å². The fraction of sp³-hybridized carbons (Fsp3) is 0.276. The minimum atomic E-state index is -4.67. The molecule has 0 radical (unpaired) electrons. The van der Waals surface area contributed by atoms with Crippen LogP contribution in [0.1, 0.15) is 70.1 Å². The maximum Gasteiger partial charge on any atom is 0.425 e. The van der Waals surface area contributed by atoms with Gasteiger partial charge in [-0.05, 0) is 85.6 Å². The number of aromatic hydroxyl groups is 1. The zero-order chi connectivity index (χ0) is 28.4. The van der Waals surface area contributed by atoms with Gasteiger partial charge in [-0.3, -0.25) is 0 Å². The van der Waals surface area contributed by atoms with Gasteiger partial charge in [0.2, 0.25) is 0 Å². The fourth-order valence-corrected chi connectivity index (χ4v) is 3.49. The van der Waals surface area contributed by atoms with E-state index in [1.165, 1.54) is 72.8 Å². The molecule has 3 aromatic carbocycles. The maximum absolute atomic E-state index is 13.3. The lowest BCUT2D eigenvalue weighted by Crippen LogP contribution is -2.33. The van der Waals surface area contributed by atoms with E-state index < -0.39 is 30.2 Å². The molecule has 206 valence electrons. The first-order valence-electron chi connectivity index (χ1n) is 12.3. The van der Waals surface area contributed by atoms with E-state index in [0.717, 1.165) is 12.8 Å². The Hall–Kier alpha value is -4.34. The predicted molar refractivity (Wildman–Crippen MR) is 135 cm³/mol. The molecular weight excluding hydrogens is 517 g/mol. The van der Waals surface area contributed by atoms with Crippen LogP contribution in [-0.4, -0.2) is 35.3 Å². The summed E-state index contributed by atoms with van der Waals surface area (Å²) in [5.74, 6) is -2.27. The molecule has 0 bridgehead atoms. The number of phenols is 1. The van der Waals surface area contributed by atoms with E-state index >= 15 is 0 Å². The molecule has 1 atom stereocenters. The van der Waals surface area contributed by atoms with Crippen molar-refractivity contribution in [2.24, 2.45) is 0 Å². The Morgan fingerprint density at radius 1 is 0.692 bits per heavy atom. The normalized spacial score (nSPS) is 11.9. The van der Waals surface area contributed by atoms with Crippen LogP contribution in [-0.2, 0) is 4.74 Å². The van der Waals surface area contributed by atoms with Gasteiger partial charge in [0.1, 0.15) is 17.2 Å². The van der Waals surface area contributed by atoms with Gasteiger partial charge in [-0.2, -0.15) is 13.2 Å². The van der Waals surface area contributed by atoms with Gasteiger partial charge in [0, 0.05) is 0 Å². The number of halogens is 3. The highest BCUT2D eigenvalue weighted by molar-refractivity contribution is 5.93. The Morgan fingerprint density at radius 2 is 1.13 bits per heavy atom. The Bertz CT molecular complexity index is 1250. The molecule has 0 spiro atoms. The van der Waals surface area contributed by atoms with Crippen LogP contribution in [0.25, 0.3) is 0 Å². The summed E-state index contributed by atoms with van der Waals surface area (Å²) in [6.07, 6.45) is -4.58. The van der Waals surface area contributed by atoms with Gasteiger partial charge in [-0.25, -0.2) is 14.4 Å². The second-order valence-electron chi connectivity index (χ2n) is 8.66. The third kappa shape index (κ3) is 8.87. The molecule has 0 aliphatic heterocycles. The van der Waals surface area contributed by atoms with E-state index in [1.54, 1.807) is 0 Å². The summed E-state index contributed by atoms with van der Waals surface area (Å²) in [6, 6.07) is 16.0. The molecule has 1 N–H and O–H groups in total. The highest BCUT2D eigenvalue weighted by Crippen LogP contribution is 2.28. The number of unbranched alkanes of at least 4 members (excludes halogenated alkanes) is 3. The topological polar surface area (TPSA) is 99.1 Å². The first-order chi connectivity index (χ1) is 18.6. The maximum atomic E-state index is 13.3. The summed E-state index contributed by atoms with van der Waals surface area (Å²) >= 11 is 0. The summed E-state index contributed by atoms with van der Waals surface area (Å²) in [7, 11) is 0. The van der Waals surface area contributed by atoms with Crippen molar-refractivity contribution in [3.63, 3.8) is 0 Å². The third-order valence-corrected chi connectivity index (χ3v) is 5.64. The summed E-state index contributed by atoms with van der Waals surface area (Å²) in [5.41, 5.74) is 0.251. The molecule has 0 aliphatic rings. The molecule has 0 amide bonds. The number of rotatable bonds is 11. The van der Waals surface area contributed by atoms with Crippen LogP contribution < -0.4 is 9.47 Å². The largest absolute Gasteiger partial charge is 0.508 e. The molecule has 10 heteroatoms. The molecular formula is C29H27F3O7. The van der Waals surface area contributed by atoms with Gasteiger partial charge < -0.3 is 19.3 Å². The Kier molecular flexibility index (Phi) is 10.1. The number of phenolic OH excluding ortho intramolecular Hbond substituents is 1. The summed E-state index contributed by atoms with van der Waals surface area (Å²) < 4.78 is 55.0. The molecule has 0 saturated carbocycles. The molecule has 3 aromatic rings. The predicted octanol–water partition coefficient (Wildman–Crippen LogP) is 6.89. The zero-order valence-corrected chi connectivity index (χ0v) is 21.1. The second kappa shape index (κ2) is 13.5. The molecule has 0 aromatic heterocycles. The van der Waals surface area contributed by atoms with E-state index in [2.05, 4.69) is 0 Å². The monoisotopic (exact) mass is 544 g/mol. The molecule has 0 heterocycles. The van der Waals surface area contributed by atoms with E-state index in [-0.39, 0.29) is 40.4 Å². The number of hydrogen-bond donors (Lipinski definition) is 1. The van der Waals surface area contributed by atoms with Crippen LogP contribution in [0, 0.1) is 0 Å². The minimum Gasteiger partial charge on any atom is -0.508 e. The van der Waals surface area contributed by atoms with Crippen molar-refractivity contribution in [3.05, 3.63) is 89.5 Å². The lowest BCUT2D eigenvalue weighted by atomic mass is 10.1. The molecule has 0 unspecified atom stereocenters. The summed E-state index contributed by atoms with van der Waals surface area (Å²) in [6.45, 7) is 1.94.